The molecule has 0 amide bonds. The minimum atomic E-state index is 0.771. The molecule has 0 aliphatic carbocycles. The Bertz CT molecular complexity index is 567. The van der Waals surface area contributed by atoms with Gasteiger partial charge in [0.1, 0.15) is 0 Å². The maximum atomic E-state index is 5.91. The highest BCUT2D eigenvalue weighted by molar-refractivity contribution is 6.30. The number of allylic oxidation sites excluding steroid dienone is 1. The topological polar surface area (TPSA) is 12.0 Å². The molecule has 1 N–H and O–H groups in total. The van der Waals surface area contributed by atoms with Crippen molar-refractivity contribution >= 4 is 17.2 Å². The molecular formula is C18H20ClN. The molecule has 2 aromatic carbocycles. The van der Waals surface area contributed by atoms with Gasteiger partial charge in [-0.3, -0.25) is 0 Å². The highest BCUT2D eigenvalue weighted by atomic mass is 35.5. The van der Waals surface area contributed by atoms with Gasteiger partial charge in [0, 0.05) is 11.6 Å². The van der Waals surface area contributed by atoms with Gasteiger partial charge in [0.2, 0.25) is 0 Å². The zero-order valence-electron chi connectivity index (χ0n) is 12.0. The normalized spacial score (nSPS) is 11.7. The SMILES string of the molecule is CCNC/C=C(/C)c1ccc(-c2ccc(Cl)cc2)cc1. The molecule has 0 fully saturated rings. The van der Waals surface area contributed by atoms with Gasteiger partial charge in [-0.25, -0.2) is 0 Å². The van der Waals surface area contributed by atoms with Crippen LogP contribution in [-0.4, -0.2) is 13.1 Å². The van der Waals surface area contributed by atoms with E-state index in [1.54, 1.807) is 0 Å². The number of nitrogens with one attached hydrogen (secondary N) is 1. The summed E-state index contributed by atoms with van der Waals surface area (Å²) in [6.45, 7) is 6.18. The smallest absolute Gasteiger partial charge is 0.0406 e. The molecule has 2 aromatic rings. The molecule has 0 spiro atoms. The minimum Gasteiger partial charge on any atom is -0.314 e. The summed E-state index contributed by atoms with van der Waals surface area (Å²) in [7, 11) is 0. The Morgan fingerprint density at radius 2 is 1.55 bits per heavy atom. The van der Waals surface area contributed by atoms with Gasteiger partial charge in [0.15, 0.2) is 0 Å². The molecule has 0 unspecified atom stereocenters. The van der Waals surface area contributed by atoms with Crippen LogP contribution >= 0.6 is 11.6 Å². The lowest BCUT2D eigenvalue weighted by molar-refractivity contribution is 0.800. The Hall–Kier alpha value is -1.57. The summed E-state index contributed by atoms with van der Waals surface area (Å²) < 4.78 is 0. The zero-order valence-corrected chi connectivity index (χ0v) is 12.7. The summed E-state index contributed by atoms with van der Waals surface area (Å²) in [5.74, 6) is 0. The van der Waals surface area contributed by atoms with E-state index in [9.17, 15) is 0 Å². The number of hydrogen-bond donors (Lipinski definition) is 1. The van der Waals surface area contributed by atoms with Crippen molar-refractivity contribution in [3.05, 3.63) is 65.2 Å². The molecule has 20 heavy (non-hydrogen) atoms. The molecule has 2 heteroatoms. The predicted octanol–water partition coefficient (Wildman–Crippen LogP) is 5.02. The molecule has 0 saturated heterocycles. The number of likely N-dealkylation sites (N-methyl/N-ethyl adjacent to an activating group) is 1. The zero-order chi connectivity index (χ0) is 14.4. The van der Waals surface area contributed by atoms with Gasteiger partial charge >= 0.3 is 0 Å². The number of benzene rings is 2. The van der Waals surface area contributed by atoms with Crippen LogP contribution in [0.1, 0.15) is 19.4 Å². The van der Waals surface area contributed by atoms with Gasteiger partial charge in [-0.15, -0.1) is 0 Å². The molecule has 0 saturated carbocycles. The van der Waals surface area contributed by atoms with Gasteiger partial charge in [-0.1, -0.05) is 61.0 Å². The van der Waals surface area contributed by atoms with E-state index in [2.05, 4.69) is 49.5 Å². The maximum Gasteiger partial charge on any atom is 0.0406 e. The fraction of sp³-hybridized carbons (Fsp3) is 0.222. The average molecular weight is 286 g/mol. The molecule has 2 rings (SSSR count). The molecule has 104 valence electrons. The average Bonchev–Trinajstić information content (AvgIpc) is 2.48. The van der Waals surface area contributed by atoms with Crippen molar-refractivity contribution in [1.82, 2.24) is 5.32 Å². The van der Waals surface area contributed by atoms with Crippen molar-refractivity contribution in [2.24, 2.45) is 0 Å². The van der Waals surface area contributed by atoms with Crippen LogP contribution in [-0.2, 0) is 0 Å². The molecule has 0 radical (unpaired) electrons. The van der Waals surface area contributed by atoms with Crippen molar-refractivity contribution in [1.29, 1.82) is 0 Å². The fourth-order valence-corrected chi connectivity index (χ4v) is 2.18. The van der Waals surface area contributed by atoms with Crippen LogP contribution in [0, 0.1) is 0 Å². The number of rotatable bonds is 5. The molecule has 0 aromatic heterocycles. The van der Waals surface area contributed by atoms with Crippen molar-refractivity contribution in [3.63, 3.8) is 0 Å². The quantitative estimate of drug-likeness (QED) is 0.761. The molecule has 0 aliphatic heterocycles. The summed E-state index contributed by atoms with van der Waals surface area (Å²) in [6.07, 6.45) is 2.22. The molecule has 0 atom stereocenters. The van der Waals surface area contributed by atoms with E-state index < -0.39 is 0 Å². The Labute approximate surface area is 126 Å². The second kappa shape index (κ2) is 7.28. The van der Waals surface area contributed by atoms with Crippen LogP contribution in [0.15, 0.2) is 54.6 Å². The van der Waals surface area contributed by atoms with Crippen LogP contribution < -0.4 is 5.32 Å². The largest absolute Gasteiger partial charge is 0.314 e. The van der Waals surface area contributed by atoms with E-state index in [0.717, 1.165) is 18.1 Å². The summed E-state index contributed by atoms with van der Waals surface area (Å²) >= 11 is 5.91. The third-order valence-electron chi connectivity index (χ3n) is 3.32. The van der Waals surface area contributed by atoms with Gasteiger partial charge in [0.25, 0.3) is 0 Å². The van der Waals surface area contributed by atoms with Gasteiger partial charge in [0.05, 0.1) is 0 Å². The second-order valence-electron chi connectivity index (χ2n) is 4.78. The molecular weight excluding hydrogens is 266 g/mol. The third-order valence-corrected chi connectivity index (χ3v) is 3.57. The minimum absolute atomic E-state index is 0.771. The van der Waals surface area contributed by atoms with E-state index in [1.165, 1.54) is 22.3 Å². The van der Waals surface area contributed by atoms with E-state index in [1.807, 2.05) is 24.3 Å². The van der Waals surface area contributed by atoms with E-state index in [0.29, 0.717) is 0 Å². The van der Waals surface area contributed by atoms with Crippen molar-refractivity contribution in [2.45, 2.75) is 13.8 Å². The molecule has 0 aliphatic rings. The first-order valence-corrected chi connectivity index (χ1v) is 7.32. The summed E-state index contributed by atoms with van der Waals surface area (Å²) in [5.41, 5.74) is 4.97. The lowest BCUT2D eigenvalue weighted by Crippen LogP contribution is -2.11. The Kier molecular flexibility index (Phi) is 5.40. The van der Waals surface area contributed by atoms with Crippen LogP contribution in [0.4, 0.5) is 0 Å². The number of hydrogen-bond acceptors (Lipinski definition) is 1. The highest BCUT2D eigenvalue weighted by Crippen LogP contribution is 2.23. The predicted molar refractivity (Wildman–Crippen MR) is 89.1 cm³/mol. The lowest BCUT2D eigenvalue weighted by Gasteiger charge is -2.06. The second-order valence-corrected chi connectivity index (χ2v) is 5.22. The van der Waals surface area contributed by atoms with Crippen LogP contribution in [0.5, 0.6) is 0 Å². The standard InChI is InChI=1S/C18H20ClN/c1-3-20-13-12-14(2)15-4-6-16(7-5-15)17-8-10-18(19)11-9-17/h4-12,20H,3,13H2,1-2H3/b14-12-. The first-order chi connectivity index (χ1) is 9.70. The van der Waals surface area contributed by atoms with Crippen molar-refractivity contribution < 1.29 is 0 Å². The maximum absolute atomic E-state index is 5.91. The van der Waals surface area contributed by atoms with Gasteiger partial charge in [-0.2, -0.15) is 0 Å². The van der Waals surface area contributed by atoms with Gasteiger partial charge < -0.3 is 5.32 Å². The fourth-order valence-electron chi connectivity index (χ4n) is 2.06. The first kappa shape index (κ1) is 14.8. The highest BCUT2D eigenvalue weighted by Gasteiger charge is 1.99. The molecule has 0 bridgehead atoms. The van der Waals surface area contributed by atoms with E-state index in [4.69, 9.17) is 11.6 Å². The Morgan fingerprint density at radius 3 is 2.10 bits per heavy atom. The molecule has 0 heterocycles. The summed E-state index contributed by atoms with van der Waals surface area (Å²) in [5, 5.41) is 4.07. The summed E-state index contributed by atoms with van der Waals surface area (Å²) in [6, 6.07) is 16.6. The monoisotopic (exact) mass is 285 g/mol. The van der Waals surface area contributed by atoms with Crippen LogP contribution in [0.2, 0.25) is 5.02 Å². The lowest BCUT2D eigenvalue weighted by atomic mass is 10.0. The summed E-state index contributed by atoms with van der Waals surface area (Å²) in [4.78, 5) is 0. The van der Waals surface area contributed by atoms with Crippen LogP contribution in [0.25, 0.3) is 16.7 Å². The van der Waals surface area contributed by atoms with E-state index in [-0.39, 0.29) is 0 Å². The first-order valence-electron chi connectivity index (χ1n) is 6.94. The molecule has 1 nitrogen and oxygen atoms in total. The van der Waals surface area contributed by atoms with Crippen molar-refractivity contribution in [2.75, 3.05) is 13.1 Å². The van der Waals surface area contributed by atoms with Crippen molar-refractivity contribution in [3.8, 4) is 11.1 Å². The third kappa shape index (κ3) is 3.96. The van der Waals surface area contributed by atoms with Gasteiger partial charge in [-0.05, 0) is 47.9 Å². The van der Waals surface area contributed by atoms with E-state index >= 15 is 0 Å². The number of halogens is 1. The Morgan fingerprint density at radius 1 is 1.00 bits per heavy atom. The Balaban J connectivity index is 2.13. The van der Waals surface area contributed by atoms with Crippen LogP contribution in [0.3, 0.4) is 0 Å².